The van der Waals surface area contributed by atoms with Crippen molar-refractivity contribution in [1.82, 2.24) is 0 Å². The van der Waals surface area contributed by atoms with Crippen LogP contribution in [0.3, 0.4) is 0 Å². The second kappa shape index (κ2) is 5.98. The summed E-state index contributed by atoms with van der Waals surface area (Å²) in [6, 6.07) is 22.5. The van der Waals surface area contributed by atoms with Gasteiger partial charge in [-0.3, -0.25) is 0 Å². The molecule has 0 aliphatic rings. The van der Waals surface area contributed by atoms with Gasteiger partial charge in [-0.25, -0.2) is 0 Å². The zero-order chi connectivity index (χ0) is 12.8. The molecule has 0 heterocycles. The van der Waals surface area contributed by atoms with Gasteiger partial charge in [-0.05, 0) is 16.4 Å². The Labute approximate surface area is 111 Å². The van der Waals surface area contributed by atoms with Crippen molar-refractivity contribution in [2.75, 3.05) is 7.11 Å². The van der Waals surface area contributed by atoms with E-state index in [2.05, 4.69) is 67.6 Å². The molecule has 2 aromatic carbocycles. The highest BCUT2D eigenvalue weighted by atomic mass is 28.4. The lowest BCUT2D eigenvalue weighted by atomic mass is 10.4. The quantitative estimate of drug-likeness (QED) is 0.748. The molecule has 0 aliphatic heterocycles. The molecule has 0 aliphatic carbocycles. The summed E-state index contributed by atoms with van der Waals surface area (Å²) in [4.78, 5) is 0. The molecule has 0 N–H and O–H groups in total. The van der Waals surface area contributed by atoms with Crippen LogP contribution in [0.4, 0.5) is 0 Å². The van der Waals surface area contributed by atoms with Gasteiger partial charge < -0.3 is 4.43 Å². The molecular weight excluding hydrogens is 236 g/mol. The number of hydrogen-bond donors (Lipinski definition) is 0. The predicted octanol–water partition coefficient (Wildman–Crippen LogP) is 2.80. The summed E-state index contributed by atoms with van der Waals surface area (Å²) in [5.74, 6) is 0. The maximum Gasteiger partial charge on any atom is 0.255 e. The third-order valence-corrected chi connectivity index (χ3v) is 7.86. The lowest BCUT2D eigenvalue weighted by molar-refractivity contribution is 0.414. The summed E-state index contributed by atoms with van der Waals surface area (Å²) in [6.45, 7) is 2.23. The van der Waals surface area contributed by atoms with Gasteiger partial charge in [-0.15, -0.1) is 0 Å². The summed E-state index contributed by atoms with van der Waals surface area (Å²) in [7, 11) is -0.159. The highest BCUT2D eigenvalue weighted by molar-refractivity contribution is 6.97. The Morgan fingerprint density at radius 3 is 1.61 bits per heavy atom. The smallest absolute Gasteiger partial charge is 0.255 e. The molecule has 2 aromatic rings. The van der Waals surface area contributed by atoms with Crippen LogP contribution in [0, 0.1) is 0 Å². The summed E-state index contributed by atoms with van der Waals surface area (Å²) in [5.41, 5.74) is 0. The molecule has 2 rings (SSSR count). The topological polar surface area (TPSA) is 9.23 Å². The highest BCUT2D eigenvalue weighted by Crippen LogP contribution is 2.14. The van der Waals surface area contributed by atoms with Gasteiger partial charge in [0.2, 0.25) is 0 Å². The van der Waals surface area contributed by atoms with Gasteiger partial charge in [0.1, 0.15) is 0 Å². The van der Waals surface area contributed by atoms with Crippen LogP contribution in [-0.2, 0) is 4.43 Å². The van der Waals surface area contributed by atoms with E-state index < -0.39 is 8.32 Å². The Balaban J connectivity index is 2.53. The van der Waals surface area contributed by atoms with Crippen LogP contribution >= 0.6 is 0 Å². The third-order valence-electron chi connectivity index (χ3n) is 3.43. The third kappa shape index (κ3) is 2.40. The number of benzene rings is 2. The van der Waals surface area contributed by atoms with E-state index in [-0.39, 0.29) is 0 Å². The molecule has 94 valence electrons. The molecule has 0 amide bonds. The van der Waals surface area contributed by atoms with Gasteiger partial charge in [-0.1, -0.05) is 74.0 Å². The average molecular weight is 256 g/mol. The van der Waals surface area contributed by atoms with E-state index in [0.717, 1.165) is 12.5 Å². The van der Waals surface area contributed by atoms with Gasteiger partial charge >= 0.3 is 0 Å². The zero-order valence-corrected chi connectivity index (χ0v) is 12.1. The van der Waals surface area contributed by atoms with Crippen molar-refractivity contribution in [3.8, 4) is 0 Å². The van der Waals surface area contributed by atoms with Gasteiger partial charge in [0.25, 0.3) is 8.32 Å². The average Bonchev–Trinajstić information content (AvgIpc) is 2.47. The Bertz CT molecular complexity index is 427. The van der Waals surface area contributed by atoms with Crippen molar-refractivity contribution in [2.45, 2.75) is 19.4 Å². The van der Waals surface area contributed by atoms with Crippen molar-refractivity contribution in [2.24, 2.45) is 0 Å². The lowest BCUT2D eigenvalue weighted by Crippen LogP contribution is -2.60. The van der Waals surface area contributed by atoms with Gasteiger partial charge in [-0.2, -0.15) is 0 Å². The molecule has 0 aromatic heterocycles. The van der Waals surface area contributed by atoms with Crippen LogP contribution in [-0.4, -0.2) is 15.4 Å². The molecule has 18 heavy (non-hydrogen) atoms. The maximum absolute atomic E-state index is 6.09. The van der Waals surface area contributed by atoms with Crippen LogP contribution in [0.5, 0.6) is 0 Å². The molecule has 0 saturated carbocycles. The molecule has 0 spiro atoms. The fourth-order valence-corrected chi connectivity index (χ4v) is 6.31. The standard InChI is InChI=1S/C16H20OSi/c1-3-14-18(17-2,15-10-6-4-7-11-15)16-12-8-5-9-13-16/h4-13H,3,14H2,1-2H3. The molecular formula is C16H20OSi. The molecule has 0 radical (unpaired) electrons. The minimum Gasteiger partial charge on any atom is -0.411 e. The first-order valence-electron chi connectivity index (χ1n) is 6.49. The molecule has 0 fully saturated rings. The fraction of sp³-hybridized carbons (Fsp3) is 0.250. The first-order chi connectivity index (χ1) is 8.83. The van der Waals surface area contributed by atoms with Crippen LogP contribution < -0.4 is 10.4 Å². The summed E-state index contributed by atoms with van der Waals surface area (Å²) in [5, 5.41) is 2.72. The number of hydrogen-bond acceptors (Lipinski definition) is 1. The van der Waals surface area contributed by atoms with E-state index >= 15 is 0 Å². The normalized spacial score (nSPS) is 11.4. The van der Waals surface area contributed by atoms with E-state index in [9.17, 15) is 0 Å². The van der Waals surface area contributed by atoms with Crippen molar-refractivity contribution in [3.63, 3.8) is 0 Å². The van der Waals surface area contributed by atoms with E-state index in [1.54, 1.807) is 0 Å². The minimum absolute atomic E-state index is 1.12. The Morgan fingerprint density at radius 2 is 1.28 bits per heavy atom. The summed E-state index contributed by atoms with van der Waals surface area (Å²) in [6.07, 6.45) is 1.14. The first-order valence-corrected chi connectivity index (χ1v) is 8.61. The Hall–Kier alpha value is -1.38. The van der Waals surface area contributed by atoms with Gasteiger partial charge in [0, 0.05) is 7.11 Å². The fourth-order valence-electron chi connectivity index (χ4n) is 2.56. The summed E-state index contributed by atoms with van der Waals surface area (Å²) >= 11 is 0. The molecule has 0 bridgehead atoms. The summed E-state index contributed by atoms with van der Waals surface area (Å²) < 4.78 is 6.09. The second-order valence-corrected chi connectivity index (χ2v) is 8.23. The molecule has 1 nitrogen and oxygen atoms in total. The van der Waals surface area contributed by atoms with Crippen LogP contribution in [0.15, 0.2) is 60.7 Å². The van der Waals surface area contributed by atoms with Crippen molar-refractivity contribution >= 4 is 18.7 Å². The van der Waals surface area contributed by atoms with Crippen LogP contribution in [0.25, 0.3) is 0 Å². The molecule has 0 unspecified atom stereocenters. The highest BCUT2D eigenvalue weighted by Gasteiger charge is 2.37. The number of rotatable bonds is 5. The van der Waals surface area contributed by atoms with Crippen molar-refractivity contribution in [3.05, 3.63) is 60.7 Å². The van der Waals surface area contributed by atoms with E-state index in [1.807, 2.05) is 7.11 Å². The zero-order valence-electron chi connectivity index (χ0n) is 11.1. The van der Waals surface area contributed by atoms with E-state index in [0.29, 0.717) is 0 Å². The minimum atomic E-state index is -2.02. The van der Waals surface area contributed by atoms with Gasteiger partial charge in [0.15, 0.2) is 0 Å². The van der Waals surface area contributed by atoms with E-state index in [1.165, 1.54) is 10.4 Å². The monoisotopic (exact) mass is 256 g/mol. The Kier molecular flexibility index (Phi) is 4.34. The largest absolute Gasteiger partial charge is 0.411 e. The first kappa shape index (κ1) is 13.1. The van der Waals surface area contributed by atoms with Crippen molar-refractivity contribution in [1.29, 1.82) is 0 Å². The van der Waals surface area contributed by atoms with Crippen molar-refractivity contribution < 1.29 is 4.43 Å². The molecule has 2 heteroatoms. The second-order valence-electron chi connectivity index (χ2n) is 4.51. The Morgan fingerprint density at radius 1 is 0.833 bits per heavy atom. The lowest BCUT2D eigenvalue weighted by Gasteiger charge is -2.30. The SMILES string of the molecule is CCC[Si](OC)(c1ccccc1)c1ccccc1. The van der Waals surface area contributed by atoms with Gasteiger partial charge in [0.05, 0.1) is 0 Å². The van der Waals surface area contributed by atoms with Crippen LogP contribution in [0.2, 0.25) is 6.04 Å². The van der Waals surface area contributed by atoms with E-state index in [4.69, 9.17) is 4.43 Å². The van der Waals surface area contributed by atoms with Crippen LogP contribution in [0.1, 0.15) is 13.3 Å². The molecule has 0 saturated heterocycles. The molecule has 0 atom stereocenters. The maximum atomic E-state index is 6.09. The predicted molar refractivity (Wildman–Crippen MR) is 80.0 cm³/mol.